The van der Waals surface area contributed by atoms with Gasteiger partial charge in [0.2, 0.25) is 0 Å². The van der Waals surface area contributed by atoms with Gasteiger partial charge in [0.15, 0.2) is 0 Å². The maximum absolute atomic E-state index is 12.0. The lowest BCUT2D eigenvalue weighted by molar-refractivity contribution is 0.206. The van der Waals surface area contributed by atoms with Gasteiger partial charge >= 0.3 is 6.03 Å². The number of anilines is 1. The summed E-state index contributed by atoms with van der Waals surface area (Å²) in [5.41, 5.74) is 2.03. The van der Waals surface area contributed by atoms with Crippen LogP contribution >= 0.6 is 11.8 Å². The molecule has 0 unspecified atom stereocenters. The van der Waals surface area contributed by atoms with E-state index in [-0.39, 0.29) is 18.1 Å². The molecule has 0 aliphatic heterocycles. The van der Waals surface area contributed by atoms with Gasteiger partial charge in [0.1, 0.15) is 0 Å². The molecule has 0 radical (unpaired) electrons. The number of carbonyl (C=O) groups excluding carboxylic acids is 1. The van der Waals surface area contributed by atoms with E-state index in [2.05, 4.69) is 22.8 Å². The summed E-state index contributed by atoms with van der Waals surface area (Å²) in [5.74, 6) is 1.01. The van der Waals surface area contributed by atoms with Gasteiger partial charge in [-0.3, -0.25) is 0 Å². The summed E-state index contributed by atoms with van der Waals surface area (Å²) in [4.78, 5) is 12.0. The normalized spacial score (nSPS) is 19.5. The largest absolute Gasteiger partial charge is 0.396 e. The molecule has 0 atom stereocenters. The number of hydrogen-bond donors (Lipinski definition) is 3. The fourth-order valence-corrected chi connectivity index (χ4v) is 4.29. The molecule has 126 valence electrons. The molecule has 23 heavy (non-hydrogen) atoms. The molecule has 2 fully saturated rings. The van der Waals surface area contributed by atoms with Gasteiger partial charge < -0.3 is 15.7 Å². The molecule has 0 spiro atoms. The lowest BCUT2D eigenvalue weighted by atomic mass is 10.1. The van der Waals surface area contributed by atoms with E-state index in [4.69, 9.17) is 0 Å². The van der Waals surface area contributed by atoms with Gasteiger partial charge in [-0.1, -0.05) is 25.0 Å². The Morgan fingerprint density at radius 2 is 2.09 bits per heavy atom. The molecule has 3 N–H and O–H groups in total. The van der Waals surface area contributed by atoms with E-state index in [1.807, 2.05) is 23.9 Å². The van der Waals surface area contributed by atoms with E-state index >= 15 is 0 Å². The highest BCUT2D eigenvalue weighted by Gasteiger charge is 2.42. The van der Waals surface area contributed by atoms with Gasteiger partial charge in [-0.25, -0.2) is 4.79 Å². The average molecular weight is 334 g/mol. The van der Waals surface area contributed by atoms with Crippen molar-refractivity contribution in [1.29, 1.82) is 0 Å². The minimum absolute atomic E-state index is 0.0584. The fourth-order valence-electron chi connectivity index (χ4n) is 3.02. The second-order valence-electron chi connectivity index (χ2n) is 6.88. The predicted molar refractivity (Wildman–Crippen MR) is 95.8 cm³/mol. The van der Waals surface area contributed by atoms with Crippen molar-refractivity contribution in [3.63, 3.8) is 0 Å². The second kappa shape index (κ2) is 7.58. The molecule has 0 heterocycles. The topological polar surface area (TPSA) is 61.4 Å². The highest BCUT2D eigenvalue weighted by atomic mass is 32.2. The van der Waals surface area contributed by atoms with Gasteiger partial charge in [0.25, 0.3) is 0 Å². The van der Waals surface area contributed by atoms with Crippen molar-refractivity contribution in [3.05, 3.63) is 29.8 Å². The Balaban J connectivity index is 1.45. The Bertz CT molecular complexity index is 540. The molecule has 0 bridgehead atoms. The van der Waals surface area contributed by atoms with Crippen LogP contribution in [0.5, 0.6) is 0 Å². The van der Waals surface area contributed by atoms with Gasteiger partial charge in [-0.05, 0) is 43.4 Å². The summed E-state index contributed by atoms with van der Waals surface area (Å²) < 4.78 is 0. The molecule has 1 aromatic carbocycles. The monoisotopic (exact) mass is 334 g/mol. The third kappa shape index (κ3) is 4.88. The van der Waals surface area contributed by atoms with Crippen LogP contribution in [0.25, 0.3) is 0 Å². The number of amides is 2. The van der Waals surface area contributed by atoms with E-state index in [0.717, 1.165) is 29.5 Å². The smallest absolute Gasteiger partial charge is 0.319 e. The zero-order chi connectivity index (χ0) is 16.1. The van der Waals surface area contributed by atoms with E-state index < -0.39 is 0 Å². The SMILES string of the molecule is O=C(NCC1(CO)CC1)Nc1cccc(CSC2CCCC2)c1. The molecule has 3 rings (SSSR count). The van der Waals surface area contributed by atoms with Crippen molar-refractivity contribution in [2.24, 2.45) is 5.41 Å². The molecule has 5 heteroatoms. The van der Waals surface area contributed by atoms with Crippen molar-refractivity contribution in [2.75, 3.05) is 18.5 Å². The van der Waals surface area contributed by atoms with Gasteiger partial charge in [0, 0.05) is 28.6 Å². The van der Waals surface area contributed by atoms with Crippen LogP contribution in [0, 0.1) is 5.41 Å². The minimum atomic E-state index is -0.190. The highest BCUT2D eigenvalue weighted by molar-refractivity contribution is 7.99. The van der Waals surface area contributed by atoms with E-state index in [0.29, 0.717) is 6.54 Å². The number of rotatable bonds is 7. The van der Waals surface area contributed by atoms with Crippen molar-refractivity contribution in [3.8, 4) is 0 Å². The third-order valence-corrected chi connectivity index (χ3v) is 6.33. The molecule has 1 aromatic rings. The zero-order valence-corrected chi connectivity index (χ0v) is 14.3. The van der Waals surface area contributed by atoms with Crippen LogP contribution in [0.1, 0.15) is 44.1 Å². The number of urea groups is 1. The second-order valence-corrected chi connectivity index (χ2v) is 8.17. The quantitative estimate of drug-likeness (QED) is 0.711. The van der Waals surface area contributed by atoms with Gasteiger partial charge in [-0.15, -0.1) is 0 Å². The van der Waals surface area contributed by atoms with E-state index in [1.54, 1.807) is 0 Å². The Kier molecular flexibility index (Phi) is 5.49. The van der Waals surface area contributed by atoms with Gasteiger partial charge in [0.05, 0.1) is 6.61 Å². The van der Waals surface area contributed by atoms with Crippen LogP contribution in [0.15, 0.2) is 24.3 Å². The number of benzene rings is 1. The standard InChI is InChI=1S/C18H26N2O2S/c21-13-18(8-9-18)12-19-17(22)20-15-5-3-4-14(10-15)11-23-16-6-1-2-7-16/h3-5,10,16,21H,1-2,6-9,11-13H2,(H2,19,20,22). The molecular formula is C18H26N2O2S. The number of thioether (sulfide) groups is 1. The van der Waals surface area contributed by atoms with Crippen LogP contribution in [0.4, 0.5) is 10.5 Å². The van der Waals surface area contributed by atoms with Crippen LogP contribution in [-0.4, -0.2) is 29.5 Å². The maximum Gasteiger partial charge on any atom is 0.319 e. The summed E-state index contributed by atoms with van der Waals surface area (Å²) in [7, 11) is 0. The summed E-state index contributed by atoms with van der Waals surface area (Å²) in [6.07, 6.45) is 7.42. The highest BCUT2D eigenvalue weighted by Crippen LogP contribution is 2.44. The number of nitrogens with one attached hydrogen (secondary N) is 2. The first-order chi connectivity index (χ1) is 11.2. The summed E-state index contributed by atoms with van der Waals surface area (Å²) in [6, 6.07) is 7.90. The lowest BCUT2D eigenvalue weighted by Crippen LogP contribution is -2.35. The first kappa shape index (κ1) is 16.7. The molecule has 2 saturated carbocycles. The number of carbonyl (C=O) groups is 1. The molecule has 0 aromatic heterocycles. The fraction of sp³-hybridized carbons (Fsp3) is 0.611. The van der Waals surface area contributed by atoms with Crippen LogP contribution in [0.3, 0.4) is 0 Å². The Labute approximate surface area is 142 Å². The predicted octanol–water partition coefficient (Wildman–Crippen LogP) is 3.76. The molecular weight excluding hydrogens is 308 g/mol. The van der Waals surface area contributed by atoms with E-state index in [9.17, 15) is 9.90 Å². The zero-order valence-electron chi connectivity index (χ0n) is 13.5. The Morgan fingerprint density at radius 1 is 1.30 bits per heavy atom. The number of hydrogen-bond acceptors (Lipinski definition) is 3. The molecule has 2 aliphatic carbocycles. The Morgan fingerprint density at radius 3 is 2.78 bits per heavy atom. The van der Waals surface area contributed by atoms with E-state index in [1.165, 1.54) is 31.2 Å². The molecule has 2 aliphatic rings. The number of aliphatic hydroxyl groups excluding tert-OH is 1. The minimum Gasteiger partial charge on any atom is -0.396 e. The van der Waals surface area contributed by atoms with Crippen LogP contribution < -0.4 is 10.6 Å². The lowest BCUT2D eigenvalue weighted by Gasteiger charge is -2.14. The summed E-state index contributed by atoms with van der Waals surface area (Å²) in [5, 5.41) is 15.8. The molecule has 0 saturated heterocycles. The summed E-state index contributed by atoms with van der Waals surface area (Å²) >= 11 is 2.03. The Hall–Kier alpha value is -1.20. The first-order valence-electron chi connectivity index (χ1n) is 8.55. The van der Waals surface area contributed by atoms with Gasteiger partial charge in [-0.2, -0.15) is 11.8 Å². The summed E-state index contributed by atoms with van der Waals surface area (Å²) in [6.45, 7) is 0.702. The molecule has 4 nitrogen and oxygen atoms in total. The first-order valence-corrected chi connectivity index (χ1v) is 9.60. The van der Waals surface area contributed by atoms with Crippen molar-refractivity contribution < 1.29 is 9.90 Å². The third-order valence-electron chi connectivity index (χ3n) is 4.89. The maximum atomic E-state index is 12.0. The number of aliphatic hydroxyl groups is 1. The average Bonchev–Trinajstić information content (AvgIpc) is 3.16. The molecule has 2 amide bonds. The van der Waals surface area contributed by atoms with Crippen molar-refractivity contribution in [1.82, 2.24) is 5.32 Å². The van der Waals surface area contributed by atoms with Crippen molar-refractivity contribution >= 4 is 23.5 Å². The van der Waals surface area contributed by atoms with Crippen molar-refractivity contribution in [2.45, 2.75) is 49.5 Å². The van der Waals surface area contributed by atoms with Crippen LogP contribution in [0.2, 0.25) is 0 Å². The van der Waals surface area contributed by atoms with Crippen LogP contribution in [-0.2, 0) is 5.75 Å².